The van der Waals surface area contributed by atoms with Crippen LogP contribution < -0.4 is 48.5 Å². The molecule has 7 unspecified atom stereocenters. The topological polar surface area (TPSA) is 390 Å². The third-order valence-electron chi connectivity index (χ3n) is 21.6. The number of carbonyl (C=O) groups is 3. The molecule has 0 aliphatic heterocycles. The number of aliphatic hydroxyl groups is 5. The second kappa shape index (κ2) is 46.1. The number of halogens is 3. The molecule has 129 heavy (non-hydrogen) atoms. The van der Waals surface area contributed by atoms with Crippen molar-refractivity contribution in [3.8, 4) is 46.5 Å². The Bertz CT molecular complexity index is 6530. The molecule has 649 valence electrons. The van der Waals surface area contributed by atoms with Crippen LogP contribution in [0.5, 0.6) is 46.5 Å². The fourth-order valence-electron chi connectivity index (χ4n) is 15.4. The van der Waals surface area contributed by atoms with Crippen LogP contribution in [0.1, 0.15) is 168 Å². The van der Waals surface area contributed by atoms with Gasteiger partial charge in [0.05, 0.1) is 62.4 Å². The average molecular weight is 1970 g/mol. The summed E-state index contributed by atoms with van der Waals surface area (Å²) in [6, 6.07) is 74.2. The van der Waals surface area contributed by atoms with Crippen LogP contribution >= 0.6 is 16.9 Å². The van der Waals surface area contributed by atoms with Gasteiger partial charge in [-0.25, -0.2) is 39.9 Å². The van der Waals surface area contributed by atoms with Crippen molar-refractivity contribution in [2.75, 3.05) is 0 Å². The first-order valence-electron chi connectivity index (χ1n) is 40.7. The summed E-state index contributed by atoms with van der Waals surface area (Å²) in [4.78, 5) is 84.7. The molecular weight excluding hydrogens is 1880 g/mol. The summed E-state index contributed by atoms with van der Waals surface area (Å²) in [6.45, 7) is 0. The number of pyridine rings is 4. The number of nitrogens with zero attached hydrogens (tertiary/aromatic N) is 8. The van der Waals surface area contributed by atoms with Crippen LogP contribution in [-0.2, 0) is 27.3 Å². The van der Waals surface area contributed by atoms with E-state index < -0.39 is 63.8 Å². The number of aromatic amines is 4. The number of fused-ring (bicyclic) bond motifs is 4. The number of carbonyl (C=O) groups excluding carboxylic acids is 3. The van der Waals surface area contributed by atoms with Crippen LogP contribution in [-0.4, -0.2) is 129 Å². The Morgan fingerprint density at radius 3 is 1.11 bits per heavy atom. The number of imidazole rings is 4. The van der Waals surface area contributed by atoms with Gasteiger partial charge in [0.1, 0.15) is 46.9 Å². The van der Waals surface area contributed by atoms with Gasteiger partial charge in [0.25, 0.3) is 0 Å². The Hall–Kier alpha value is -10.8. The van der Waals surface area contributed by atoms with E-state index in [9.17, 15) is 39.9 Å². The fraction of sp³-hybridized carbons (Fsp3) is 0.177. The quantitative estimate of drug-likeness (QED) is 0.0253. The minimum atomic E-state index is -2.24. The van der Waals surface area contributed by atoms with E-state index in [-0.39, 0.29) is 82.2 Å². The molecule has 0 bridgehead atoms. The first-order chi connectivity index (χ1) is 61.8. The van der Waals surface area contributed by atoms with Crippen LogP contribution in [0.3, 0.4) is 0 Å². The van der Waals surface area contributed by atoms with Crippen molar-refractivity contribution in [3.05, 3.63) is 347 Å². The van der Waals surface area contributed by atoms with Crippen molar-refractivity contribution in [2.24, 2.45) is 0 Å². The summed E-state index contributed by atoms with van der Waals surface area (Å²) >= 11 is -3.68. The molecule has 7 atom stereocenters. The van der Waals surface area contributed by atoms with E-state index in [4.69, 9.17) is 43.5 Å². The summed E-state index contributed by atoms with van der Waals surface area (Å²) in [5, 5.41) is 51.0. The number of aliphatic hydroxyl groups excluding tert-OH is 5. The molecule has 4 aliphatic carbocycles. The van der Waals surface area contributed by atoms with Crippen LogP contribution in [0, 0.1) is 30.7 Å². The Balaban J connectivity index is 0.000000163. The summed E-state index contributed by atoms with van der Waals surface area (Å²) in [5.74, 6) is 6.39. The normalized spacial score (nSPS) is 16.3. The zero-order valence-electron chi connectivity index (χ0n) is 70.2. The van der Waals surface area contributed by atoms with Crippen LogP contribution in [0.2, 0.25) is 0 Å². The minimum absolute atomic E-state index is 0. The molecule has 2 fully saturated rings. The number of ether oxygens (including phenoxy) is 4. The van der Waals surface area contributed by atoms with Crippen LogP contribution in [0.15, 0.2) is 280 Å². The number of rotatable bonds is 20. The predicted molar refractivity (Wildman–Crippen MR) is 481 cm³/mol. The van der Waals surface area contributed by atoms with Gasteiger partial charge in [0.2, 0.25) is 35.1 Å². The van der Waals surface area contributed by atoms with Gasteiger partial charge in [-0.05, 0) is 256 Å². The molecule has 0 spiro atoms. The molecule has 8 heterocycles. The van der Waals surface area contributed by atoms with E-state index in [1.54, 1.807) is 91.5 Å². The molecular formula is C96H85BCeCl3MnN12NaO14. The van der Waals surface area contributed by atoms with E-state index in [1.165, 1.54) is 0 Å². The Kier molecular flexibility index (Phi) is 34.2. The van der Waals surface area contributed by atoms with Gasteiger partial charge < -0.3 is 65.8 Å². The van der Waals surface area contributed by atoms with Crippen molar-refractivity contribution in [2.45, 2.75) is 107 Å². The van der Waals surface area contributed by atoms with Crippen LogP contribution in [0.25, 0.3) is 55.3 Å². The molecule has 8 aromatic carbocycles. The molecule has 4 aliphatic rings. The van der Waals surface area contributed by atoms with E-state index in [1.807, 2.05) is 188 Å². The maximum absolute atomic E-state index is 12.8. The van der Waals surface area contributed by atoms with Crippen molar-refractivity contribution in [1.29, 1.82) is 0 Å². The number of H-pyrrole nitrogens is 4. The van der Waals surface area contributed by atoms with Gasteiger partial charge in [-0.2, -0.15) is 0 Å². The monoisotopic (exact) mass is 1960 g/mol. The first kappa shape index (κ1) is 95.7. The molecule has 2 saturated carbocycles. The van der Waals surface area contributed by atoms with Gasteiger partial charge in [-0.3, -0.25) is 14.4 Å². The van der Waals surface area contributed by atoms with E-state index >= 15 is 0 Å². The molecule has 0 amide bonds. The molecule has 3 radical (unpaired) electrons. The standard InChI is InChI=1S/C24H23N3O3.2C24H21N3O3.C24H17N3O3.B.Ce.3ClH.Mn.Na.2O.H2.H/c4*28-17-10-7-16(14-17)19-4-3-13-25-24(19)30-18-11-8-15(9-12-18)22(29)23-26-20-5-1-2-6-21(20)27-23;;;;;;;;;;;/h1-6,8-9,11-13,16-17,22,28-29H,7,10,14H2,(H,26,27);1-6,8-9,11-13,16-17,28H,7,10,14H2,(H,26,27);1-6,8-9,11-14,17,22,28-29H,7,10H2,(H,26,27);1-6,8-9,11-14H,7,10H2,(H,26,27);;;3*1H;;;;;1H;/q;;;;;+3;;;;;+1;;;;-1/p-3. The second-order valence-corrected chi connectivity index (χ2v) is 44.1. The molecule has 20 rings (SSSR count). The summed E-state index contributed by atoms with van der Waals surface area (Å²) < 4.78 is 40.8. The van der Waals surface area contributed by atoms with Gasteiger partial charge in [0, 0.05) is 74.4 Å². The Labute approximate surface area is 794 Å². The van der Waals surface area contributed by atoms with Gasteiger partial charge in [-0.15, -0.1) is 0 Å². The molecule has 9 N–H and O–H groups in total. The van der Waals surface area contributed by atoms with E-state index in [2.05, 4.69) is 59.8 Å². The number of para-hydroxylation sites is 8. The van der Waals surface area contributed by atoms with E-state index in [0.29, 0.717) is 99.3 Å². The van der Waals surface area contributed by atoms with Crippen molar-refractivity contribution < 1.29 is 144 Å². The second-order valence-electron chi connectivity index (χ2n) is 30.1. The predicted octanol–water partition coefficient (Wildman–Crippen LogP) is 17.0. The molecule has 26 nitrogen and oxygen atoms in total. The van der Waals surface area contributed by atoms with Gasteiger partial charge in [0.15, 0.2) is 17.4 Å². The van der Waals surface area contributed by atoms with Gasteiger partial charge >= 0.3 is 99.6 Å². The number of nitrogens with one attached hydrogen (secondary N) is 4. The van der Waals surface area contributed by atoms with E-state index in [0.717, 1.165) is 134 Å². The molecule has 8 aromatic heterocycles. The SMILES string of the molecule is O=C(c1ccc(Oc2ncccc2C2CCC(O)C2)cc1)c1nc2ccccc2[nH]1.O=C1C=C(c2cccnc2Oc2ccc(C(=O)c3nc4ccccc4[nH]3)cc2)CC1.OC1C=C(c2cccnc2Oc2ccc(C(O)c3nc4ccccc4[nH]3)cc2)CC1.OC1CCC(c2cccnc2Oc2ccc(C(O)c3nc4ccccc4[nH]3)cc2)C1.[B].[Cl][Ce]([Cl])[Cl].[H-].[HH].[Na+].[O]=[Mn]=[O]. The summed E-state index contributed by atoms with van der Waals surface area (Å²) in [6.07, 6.45) is 15.3. The maximum atomic E-state index is 12.8. The molecule has 33 heteroatoms. The average Bonchev–Trinajstić information content (AvgIpc) is 1.55. The fourth-order valence-corrected chi connectivity index (χ4v) is 15.4. The zero-order valence-corrected chi connectivity index (χ0v) is 77.8. The Morgan fingerprint density at radius 2 is 0.767 bits per heavy atom. The van der Waals surface area contributed by atoms with Crippen molar-refractivity contribution in [1.82, 2.24) is 59.8 Å². The number of hydrogen-bond donors (Lipinski definition) is 9. The Morgan fingerprint density at radius 1 is 0.426 bits per heavy atom. The summed E-state index contributed by atoms with van der Waals surface area (Å²) in [5.41, 5.74) is 29.8. The van der Waals surface area contributed by atoms with Crippen molar-refractivity contribution in [3.63, 3.8) is 0 Å². The number of hydrogen-bond acceptors (Lipinski definition) is 22. The summed E-state index contributed by atoms with van der Waals surface area (Å²) in [7, 11) is 0. The van der Waals surface area contributed by atoms with Crippen LogP contribution in [0.4, 0.5) is 0 Å². The van der Waals surface area contributed by atoms with Gasteiger partial charge in [-0.1, -0.05) is 91.0 Å². The number of aromatic nitrogens is 12. The zero-order chi connectivity index (χ0) is 88.3. The molecule has 0 saturated heterocycles. The number of allylic oxidation sites excluding steroid dienone is 3. The third kappa shape index (κ3) is 25.0. The number of ketones is 3. The third-order valence-corrected chi connectivity index (χ3v) is 21.6. The van der Waals surface area contributed by atoms with Crippen molar-refractivity contribution >= 4 is 97.9 Å². The molecule has 16 aromatic rings. The number of benzene rings is 8. The first-order valence-corrected chi connectivity index (χ1v) is 53.5.